The molecule has 0 fully saturated rings. The van der Waals surface area contributed by atoms with E-state index in [-0.39, 0.29) is 11.2 Å². The quantitative estimate of drug-likeness (QED) is 0.615. The van der Waals surface area contributed by atoms with Crippen LogP contribution in [0.3, 0.4) is 0 Å². The number of amides is 1. The Balaban J connectivity index is 1.65. The molecule has 1 amide bonds. The lowest BCUT2D eigenvalue weighted by molar-refractivity contribution is -0.121. The molecule has 0 bridgehead atoms. The lowest BCUT2D eigenvalue weighted by Gasteiger charge is -2.15. The first-order chi connectivity index (χ1) is 12.9. The van der Waals surface area contributed by atoms with Gasteiger partial charge in [-0.2, -0.15) is 0 Å². The van der Waals surface area contributed by atoms with Crippen LogP contribution in [0.25, 0.3) is 11.5 Å². The summed E-state index contributed by atoms with van der Waals surface area (Å²) in [7, 11) is 1.86. The van der Waals surface area contributed by atoms with Crippen molar-refractivity contribution < 1.29 is 4.79 Å². The SMILES string of the molecule is C[C@@H](Nc1cc(-c2nccn2C)nc(Cl)n1)C(=O)NCc1ccc(Cl)cc1. The monoisotopic (exact) mass is 404 g/mol. The average Bonchev–Trinajstić information content (AvgIpc) is 3.06. The molecule has 0 aliphatic heterocycles. The van der Waals surface area contributed by atoms with Crippen molar-refractivity contribution in [3.05, 3.63) is 58.6 Å². The van der Waals surface area contributed by atoms with Crippen molar-refractivity contribution in [1.82, 2.24) is 24.8 Å². The Hall–Kier alpha value is -2.64. The zero-order valence-corrected chi connectivity index (χ0v) is 16.3. The number of hydrogen-bond donors (Lipinski definition) is 2. The number of nitrogens with one attached hydrogen (secondary N) is 2. The van der Waals surface area contributed by atoms with E-state index in [1.165, 1.54) is 0 Å². The highest BCUT2D eigenvalue weighted by Crippen LogP contribution is 2.20. The summed E-state index contributed by atoms with van der Waals surface area (Å²) in [6, 6.07) is 8.49. The molecule has 2 aromatic heterocycles. The molecule has 3 aromatic rings. The van der Waals surface area contributed by atoms with E-state index in [1.54, 1.807) is 31.3 Å². The molecule has 0 aliphatic rings. The van der Waals surface area contributed by atoms with Crippen LogP contribution in [0.5, 0.6) is 0 Å². The summed E-state index contributed by atoms with van der Waals surface area (Å²) in [5, 5.41) is 6.64. The van der Waals surface area contributed by atoms with Gasteiger partial charge in [-0.25, -0.2) is 15.0 Å². The molecule has 3 rings (SSSR count). The summed E-state index contributed by atoms with van der Waals surface area (Å²) >= 11 is 11.9. The number of benzene rings is 1. The molecule has 2 N–H and O–H groups in total. The van der Waals surface area contributed by atoms with Crippen LogP contribution in [0, 0.1) is 0 Å². The Kier molecular flexibility index (Phi) is 5.93. The van der Waals surface area contributed by atoms with Gasteiger partial charge in [-0.15, -0.1) is 0 Å². The van der Waals surface area contributed by atoms with Crippen molar-refractivity contribution in [2.75, 3.05) is 5.32 Å². The Morgan fingerprint density at radius 1 is 1.22 bits per heavy atom. The fourth-order valence-electron chi connectivity index (χ4n) is 2.45. The van der Waals surface area contributed by atoms with E-state index in [4.69, 9.17) is 23.2 Å². The molecular formula is C18H18Cl2N6O. The van der Waals surface area contributed by atoms with E-state index in [0.29, 0.717) is 28.9 Å². The minimum atomic E-state index is -0.516. The topological polar surface area (TPSA) is 84.7 Å². The number of anilines is 1. The third kappa shape index (κ3) is 4.96. The second-order valence-electron chi connectivity index (χ2n) is 5.98. The van der Waals surface area contributed by atoms with Gasteiger partial charge in [-0.05, 0) is 36.2 Å². The number of imidazole rings is 1. The second-order valence-corrected chi connectivity index (χ2v) is 6.75. The standard InChI is InChI=1S/C18H18Cl2N6O/c1-11(17(27)22-10-12-3-5-13(19)6-4-12)23-15-9-14(24-18(20)25-15)16-21-7-8-26(16)2/h3-9,11H,10H2,1-2H3,(H,22,27)(H,23,24,25)/t11-/m1/s1. The van der Waals surface area contributed by atoms with Crippen LogP contribution in [0.1, 0.15) is 12.5 Å². The third-order valence-corrected chi connectivity index (χ3v) is 4.31. The zero-order chi connectivity index (χ0) is 19.4. The highest BCUT2D eigenvalue weighted by Gasteiger charge is 2.15. The van der Waals surface area contributed by atoms with E-state index >= 15 is 0 Å². The number of aromatic nitrogens is 4. The molecule has 27 heavy (non-hydrogen) atoms. The molecule has 0 spiro atoms. The van der Waals surface area contributed by atoms with Gasteiger partial charge in [0.05, 0.1) is 0 Å². The molecule has 7 nitrogen and oxygen atoms in total. The number of rotatable bonds is 6. The van der Waals surface area contributed by atoms with Crippen molar-refractivity contribution in [3.8, 4) is 11.5 Å². The largest absolute Gasteiger partial charge is 0.358 e. The van der Waals surface area contributed by atoms with Gasteiger partial charge in [0.1, 0.15) is 17.6 Å². The first-order valence-corrected chi connectivity index (χ1v) is 8.99. The van der Waals surface area contributed by atoms with Crippen LogP contribution in [-0.2, 0) is 18.4 Å². The Labute approximate surface area is 166 Å². The van der Waals surface area contributed by atoms with Crippen molar-refractivity contribution in [2.24, 2.45) is 7.05 Å². The highest BCUT2D eigenvalue weighted by atomic mass is 35.5. The predicted octanol–water partition coefficient (Wildman–Crippen LogP) is 3.30. The molecule has 1 atom stereocenters. The first kappa shape index (κ1) is 19.1. The zero-order valence-electron chi connectivity index (χ0n) is 14.8. The lowest BCUT2D eigenvalue weighted by atomic mass is 10.2. The maximum Gasteiger partial charge on any atom is 0.242 e. The van der Waals surface area contributed by atoms with Crippen molar-refractivity contribution in [3.63, 3.8) is 0 Å². The Morgan fingerprint density at radius 3 is 2.63 bits per heavy atom. The predicted molar refractivity (Wildman–Crippen MR) is 106 cm³/mol. The van der Waals surface area contributed by atoms with E-state index < -0.39 is 6.04 Å². The molecule has 0 saturated heterocycles. The van der Waals surface area contributed by atoms with Crippen molar-refractivity contribution in [1.29, 1.82) is 0 Å². The van der Waals surface area contributed by atoms with E-state index in [0.717, 1.165) is 5.56 Å². The van der Waals surface area contributed by atoms with E-state index in [9.17, 15) is 4.79 Å². The van der Waals surface area contributed by atoms with Gasteiger partial charge >= 0.3 is 0 Å². The van der Waals surface area contributed by atoms with Crippen LogP contribution in [0.15, 0.2) is 42.7 Å². The number of nitrogens with zero attached hydrogens (tertiary/aromatic N) is 4. The smallest absolute Gasteiger partial charge is 0.242 e. The van der Waals surface area contributed by atoms with Crippen molar-refractivity contribution >= 4 is 34.9 Å². The summed E-state index contributed by atoms with van der Waals surface area (Å²) in [4.78, 5) is 24.9. The number of aryl methyl sites for hydroxylation is 1. The van der Waals surface area contributed by atoms with Crippen LogP contribution in [0.2, 0.25) is 10.3 Å². The minimum absolute atomic E-state index is 0.0757. The summed E-state index contributed by atoms with van der Waals surface area (Å²) in [6.07, 6.45) is 3.48. The summed E-state index contributed by atoms with van der Waals surface area (Å²) in [5.41, 5.74) is 1.53. The normalized spacial score (nSPS) is 11.9. The highest BCUT2D eigenvalue weighted by molar-refractivity contribution is 6.30. The maximum atomic E-state index is 12.3. The Bertz CT molecular complexity index is 941. The van der Waals surface area contributed by atoms with Gasteiger partial charge in [-0.1, -0.05) is 23.7 Å². The number of hydrogen-bond acceptors (Lipinski definition) is 5. The lowest BCUT2D eigenvalue weighted by Crippen LogP contribution is -2.37. The molecule has 0 aliphatic carbocycles. The van der Waals surface area contributed by atoms with E-state index in [1.807, 2.05) is 29.9 Å². The van der Waals surface area contributed by atoms with Crippen LogP contribution < -0.4 is 10.6 Å². The summed E-state index contributed by atoms with van der Waals surface area (Å²) in [6.45, 7) is 2.15. The number of halogens is 2. The van der Waals surface area contributed by atoms with Gasteiger partial charge < -0.3 is 15.2 Å². The van der Waals surface area contributed by atoms with Gasteiger partial charge in [0.2, 0.25) is 11.2 Å². The molecule has 0 radical (unpaired) electrons. The molecule has 0 saturated carbocycles. The second kappa shape index (κ2) is 8.37. The van der Waals surface area contributed by atoms with Crippen LogP contribution >= 0.6 is 23.2 Å². The maximum absolute atomic E-state index is 12.3. The fourth-order valence-corrected chi connectivity index (χ4v) is 2.76. The van der Waals surface area contributed by atoms with Crippen LogP contribution in [-0.4, -0.2) is 31.5 Å². The summed E-state index contributed by atoms with van der Waals surface area (Å²) in [5.74, 6) is 0.933. The van der Waals surface area contributed by atoms with Crippen LogP contribution in [0.4, 0.5) is 5.82 Å². The van der Waals surface area contributed by atoms with E-state index in [2.05, 4.69) is 25.6 Å². The average molecular weight is 405 g/mol. The first-order valence-electron chi connectivity index (χ1n) is 8.23. The van der Waals surface area contributed by atoms with Gasteiger partial charge in [0.15, 0.2) is 5.82 Å². The molecule has 140 valence electrons. The minimum Gasteiger partial charge on any atom is -0.358 e. The van der Waals surface area contributed by atoms with Gasteiger partial charge in [0.25, 0.3) is 0 Å². The van der Waals surface area contributed by atoms with Crippen molar-refractivity contribution in [2.45, 2.75) is 19.5 Å². The molecule has 2 heterocycles. The number of carbonyl (C=O) groups excluding carboxylic acids is 1. The molecular weight excluding hydrogens is 387 g/mol. The van der Waals surface area contributed by atoms with Gasteiger partial charge in [0, 0.05) is 37.1 Å². The molecule has 1 aromatic carbocycles. The molecule has 0 unspecified atom stereocenters. The number of carbonyl (C=O) groups is 1. The van der Waals surface area contributed by atoms with Gasteiger partial charge in [-0.3, -0.25) is 4.79 Å². The Morgan fingerprint density at radius 2 is 1.96 bits per heavy atom. The third-order valence-electron chi connectivity index (χ3n) is 3.89. The fraction of sp³-hybridized carbons (Fsp3) is 0.222. The molecule has 9 heteroatoms. The summed E-state index contributed by atoms with van der Waals surface area (Å²) < 4.78 is 1.82.